The Labute approximate surface area is 153 Å². The van der Waals surface area contributed by atoms with E-state index >= 15 is 0 Å². The molecule has 1 saturated carbocycles. The van der Waals surface area contributed by atoms with Gasteiger partial charge in [0.25, 0.3) is 0 Å². The Morgan fingerprint density at radius 3 is 2.85 bits per heavy atom. The first-order valence-corrected chi connectivity index (χ1v) is 8.99. The third-order valence-corrected chi connectivity index (χ3v) is 5.05. The van der Waals surface area contributed by atoms with E-state index < -0.39 is 18.3 Å². The number of fused-ring (bicyclic) bond motifs is 1. The fourth-order valence-electron chi connectivity index (χ4n) is 3.60. The van der Waals surface area contributed by atoms with Gasteiger partial charge in [0.05, 0.1) is 25.2 Å². The molecular weight excluding hydrogens is 336 g/mol. The molecule has 0 aliphatic heterocycles. The summed E-state index contributed by atoms with van der Waals surface area (Å²) in [7, 11) is 0. The van der Waals surface area contributed by atoms with Gasteiger partial charge < -0.3 is 4.57 Å². The summed E-state index contributed by atoms with van der Waals surface area (Å²) < 4.78 is 47.7. The van der Waals surface area contributed by atoms with Crippen LogP contribution in [-0.2, 0) is 13.0 Å². The second kappa shape index (κ2) is 6.45. The molecule has 26 heavy (non-hydrogen) atoms. The topological polar surface area (TPSA) is 48.5 Å². The molecule has 4 rings (SSSR count). The van der Waals surface area contributed by atoms with Crippen LogP contribution in [0.4, 0.5) is 8.78 Å². The molecular formula is C19H23F2N5. The minimum Gasteiger partial charge on any atom is -0.346 e. The van der Waals surface area contributed by atoms with Crippen LogP contribution in [0.2, 0.25) is 0 Å². The number of nitrogens with zero attached hydrogens (tertiary/aromatic N) is 5. The van der Waals surface area contributed by atoms with Crippen LogP contribution < -0.4 is 0 Å². The van der Waals surface area contributed by atoms with Gasteiger partial charge in [0.1, 0.15) is 0 Å². The van der Waals surface area contributed by atoms with E-state index in [2.05, 4.69) is 15.3 Å². The van der Waals surface area contributed by atoms with Crippen molar-refractivity contribution in [3.63, 3.8) is 0 Å². The van der Waals surface area contributed by atoms with Crippen molar-refractivity contribution in [1.82, 2.24) is 24.5 Å². The molecule has 1 fully saturated rings. The lowest BCUT2D eigenvalue weighted by molar-refractivity contribution is -0.0472. The molecule has 5 nitrogen and oxygen atoms in total. The first kappa shape index (κ1) is 14.8. The highest BCUT2D eigenvalue weighted by atomic mass is 19.3. The van der Waals surface area contributed by atoms with Gasteiger partial charge in [-0.15, -0.1) is 5.10 Å². The summed E-state index contributed by atoms with van der Waals surface area (Å²) in [5.74, 6) is -3.14. The molecule has 1 aliphatic carbocycles. The summed E-state index contributed by atoms with van der Waals surface area (Å²) in [6.07, 6.45) is 3.20. The van der Waals surface area contributed by atoms with E-state index in [-0.39, 0.29) is 25.7 Å². The van der Waals surface area contributed by atoms with Gasteiger partial charge in [-0.05, 0) is 44.7 Å². The molecule has 1 aliphatic rings. The minimum absolute atomic E-state index is 0.165. The Bertz CT molecular complexity index is 1000. The third kappa shape index (κ3) is 3.10. The Hall–Kier alpha value is -2.31. The first-order valence-electron chi connectivity index (χ1n) is 9.99. The molecule has 3 heterocycles. The van der Waals surface area contributed by atoms with Gasteiger partial charge in [-0.2, -0.15) is 0 Å². The fraction of sp³-hybridized carbons (Fsp3) is 0.526. The Balaban J connectivity index is 1.75. The van der Waals surface area contributed by atoms with Crippen LogP contribution in [0.1, 0.15) is 41.0 Å². The van der Waals surface area contributed by atoms with Crippen LogP contribution in [0.25, 0.3) is 22.3 Å². The SMILES string of the molecule is [2H]C([2H])(C1CCC(F)(F)CC1)n1ccc2ncc(-c3c(C)nnn3CC)cc21. The predicted molar refractivity (Wildman–Crippen MR) is 96.1 cm³/mol. The summed E-state index contributed by atoms with van der Waals surface area (Å²) in [5.41, 5.74) is 3.74. The van der Waals surface area contributed by atoms with Crippen molar-refractivity contribution in [3.8, 4) is 11.3 Å². The van der Waals surface area contributed by atoms with Crippen molar-refractivity contribution >= 4 is 11.0 Å². The Kier molecular flexibility index (Phi) is 3.67. The van der Waals surface area contributed by atoms with Gasteiger partial charge in [-0.1, -0.05) is 5.21 Å². The van der Waals surface area contributed by atoms with Crippen LogP contribution in [0, 0.1) is 12.8 Å². The minimum atomic E-state index is -2.68. The number of alkyl halides is 2. The van der Waals surface area contributed by atoms with Crippen LogP contribution in [0.5, 0.6) is 0 Å². The van der Waals surface area contributed by atoms with Gasteiger partial charge in [0.15, 0.2) is 0 Å². The summed E-state index contributed by atoms with van der Waals surface area (Å²) >= 11 is 0. The Morgan fingerprint density at radius 1 is 1.35 bits per heavy atom. The van der Waals surface area contributed by atoms with Gasteiger partial charge in [0, 0.05) is 43.8 Å². The van der Waals surface area contributed by atoms with Crippen molar-refractivity contribution in [1.29, 1.82) is 0 Å². The maximum atomic E-state index is 13.5. The van der Waals surface area contributed by atoms with E-state index in [0.717, 1.165) is 17.0 Å². The van der Waals surface area contributed by atoms with Crippen molar-refractivity contribution < 1.29 is 11.5 Å². The molecule has 0 atom stereocenters. The maximum Gasteiger partial charge on any atom is 0.248 e. The van der Waals surface area contributed by atoms with Crippen molar-refractivity contribution in [2.24, 2.45) is 5.92 Å². The summed E-state index contributed by atoms with van der Waals surface area (Å²) in [6, 6.07) is 3.64. The summed E-state index contributed by atoms with van der Waals surface area (Å²) in [4.78, 5) is 4.48. The number of hydrogen-bond donors (Lipinski definition) is 0. The number of aryl methyl sites for hydroxylation is 2. The van der Waals surface area contributed by atoms with E-state index in [4.69, 9.17) is 2.74 Å². The molecule has 0 radical (unpaired) electrons. The molecule has 0 saturated heterocycles. The average molecular weight is 361 g/mol. The monoisotopic (exact) mass is 361 g/mol. The largest absolute Gasteiger partial charge is 0.346 e. The molecule has 7 heteroatoms. The standard InChI is InChI=1S/C19H23F2N5/c1-3-26-18(13(2)23-24-26)15-10-17-16(22-11-15)6-9-25(17)12-14-4-7-19(20,21)8-5-14/h6,9-11,14H,3-5,7-8,12H2,1-2H3/i12D2. The third-order valence-electron chi connectivity index (χ3n) is 5.05. The highest BCUT2D eigenvalue weighted by molar-refractivity contribution is 5.81. The molecule has 0 bridgehead atoms. The van der Waals surface area contributed by atoms with Gasteiger partial charge >= 0.3 is 0 Å². The van der Waals surface area contributed by atoms with E-state index in [0.29, 0.717) is 17.6 Å². The van der Waals surface area contributed by atoms with Crippen molar-refractivity contribution in [2.75, 3.05) is 0 Å². The van der Waals surface area contributed by atoms with Crippen LogP contribution in [-0.4, -0.2) is 30.5 Å². The highest BCUT2D eigenvalue weighted by Gasteiger charge is 2.34. The number of hydrogen-bond acceptors (Lipinski definition) is 3. The smallest absolute Gasteiger partial charge is 0.248 e. The predicted octanol–water partition coefficient (Wildman–Crippen LogP) is 4.45. The van der Waals surface area contributed by atoms with Gasteiger partial charge in [0.2, 0.25) is 5.92 Å². The maximum absolute atomic E-state index is 13.5. The van der Waals surface area contributed by atoms with Crippen LogP contribution >= 0.6 is 0 Å². The van der Waals surface area contributed by atoms with Crippen LogP contribution in [0.15, 0.2) is 24.5 Å². The molecule has 0 unspecified atom stereocenters. The zero-order valence-electron chi connectivity index (χ0n) is 16.9. The lowest BCUT2D eigenvalue weighted by Gasteiger charge is -2.28. The van der Waals surface area contributed by atoms with Crippen molar-refractivity contribution in [3.05, 3.63) is 30.2 Å². The zero-order valence-corrected chi connectivity index (χ0v) is 14.9. The number of rotatable bonds is 4. The summed E-state index contributed by atoms with van der Waals surface area (Å²) in [6.45, 7) is 2.74. The lowest BCUT2D eigenvalue weighted by Crippen LogP contribution is -2.26. The molecule has 0 amide bonds. The molecule has 138 valence electrons. The van der Waals surface area contributed by atoms with E-state index in [1.807, 2.05) is 19.9 Å². The molecule has 0 spiro atoms. The first-order chi connectivity index (χ1) is 13.2. The van der Waals surface area contributed by atoms with Crippen molar-refractivity contribution in [2.45, 2.75) is 58.5 Å². The molecule has 3 aromatic heterocycles. The molecule has 0 aromatic carbocycles. The lowest BCUT2D eigenvalue weighted by atomic mass is 9.87. The number of aromatic nitrogens is 5. The molecule has 3 aromatic rings. The number of pyridine rings is 1. The van der Waals surface area contributed by atoms with E-state index in [1.165, 1.54) is 0 Å². The number of halogens is 2. The second-order valence-corrected chi connectivity index (χ2v) is 6.91. The molecule has 0 N–H and O–H groups in total. The fourth-order valence-corrected chi connectivity index (χ4v) is 3.60. The van der Waals surface area contributed by atoms with Gasteiger partial charge in [-0.3, -0.25) is 4.98 Å². The second-order valence-electron chi connectivity index (χ2n) is 6.91. The summed E-state index contributed by atoms with van der Waals surface area (Å²) in [5, 5.41) is 8.25. The zero-order chi connectivity index (χ0) is 20.1. The van der Waals surface area contributed by atoms with Gasteiger partial charge in [-0.25, -0.2) is 13.5 Å². The quantitative estimate of drug-likeness (QED) is 0.690. The van der Waals surface area contributed by atoms with Crippen LogP contribution in [0.3, 0.4) is 0 Å². The van der Waals surface area contributed by atoms with E-state index in [9.17, 15) is 8.78 Å². The average Bonchev–Trinajstić information content (AvgIpc) is 3.24. The van der Waals surface area contributed by atoms with E-state index in [1.54, 1.807) is 27.7 Å². The normalized spacial score (nSPS) is 19.5. The highest BCUT2D eigenvalue weighted by Crippen LogP contribution is 2.37. The Morgan fingerprint density at radius 2 is 2.12 bits per heavy atom.